The first kappa shape index (κ1) is 18.5. The van der Waals surface area contributed by atoms with Gasteiger partial charge in [-0.2, -0.15) is 13.2 Å². The van der Waals surface area contributed by atoms with Crippen molar-refractivity contribution in [2.45, 2.75) is 32.9 Å². The number of carbonyl (C=O) groups is 2. The lowest BCUT2D eigenvalue weighted by molar-refractivity contribution is -0.135. The summed E-state index contributed by atoms with van der Waals surface area (Å²) in [7, 11) is 0. The predicted molar refractivity (Wildman–Crippen MR) is 82.4 cm³/mol. The number of aromatic nitrogens is 1. The Hall–Kier alpha value is -1.84. The fraction of sp³-hybridized carbons (Fsp3) is 0.643. The van der Waals surface area contributed by atoms with Gasteiger partial charge in [0.05, 0.1) is 12.3 Å². The number of hydrogen-bond acceptors (Lipinski definition) is 5. The van der Waals surface area contributed by atoms with Gasteiger partial charge in [0.15, 0.2) is 5.13 Å². The third-order valence-corrected chi connectivity index (χ3v) is 4.62. The molecule has 1 saturated heterocycles. The molecule has 0 spiro atoms. The van der Waals surface area contributed by atoms with Crippen LogP contribution in [0.2, 0.25) is 0 Å². The Morgan fingerprint density at radius 2 is 2.08 bits per heavy atom. The zero-order valence-corrected chi connectivity index (χ0v) is 14.2. The van der Waals surface area contributed by atoms with E-state index in [2.05, 4.69) is 4.98 Å². The summed E-state index contributed by atoms with van der Waals surface area (Å²) in [6.45, 7) is 4.29. The van der Waals surface area contributed by atoms with Gasteiger partial charge >= 0.3 is 18.2 Å². The van der Waals surface area contributed by atoms with Crippen molar-refractivity contribution in [3.8, 4) is 0 Å². The summed E-state index contributed by atoms with van der Waals surface area (Å²) in [6, 6.07) is -0.388. The first-order valence-electron chi connectivity index (χ1n) is 7.50. The van der Waals surface area contributed by atoms with E-state index in [9.17, 15) is 22.8 Å². The van der Waals surface area contributed by atoms with Crippen LogP contribution >= 0.6 is 11.3 Å². The van der Waals surface area contributed by atoms with Crippen LogP contribution < -0.4 is 4.90 Å². The van der Waals surface area contributed by atoms with Crippen molar-refractivity contribution in [3.05, 3.63) is 10.6 Å². The molecule has 1 aliphatic rings. The average molecular weight is 365 g/mol. The molecular formula is C14H18F3N3O3S. The van der Waals surface area contributed by atoms with Crippen molar-refractivity contribution in [1.82, 2.24) is 9.88 Å². The van der Waals surface area contributed by atoms with E-state index in [-0.39, 0.29) is 25.6 Å². The number of halogens is 3. The van der Waals surface area contributed by atoms with Gasteiger partial charge in [-0.25, -0.2) is 14.6 Å². The third-order valence-electron chi connectivity index (χ3n) is 3.46. The van der Waals surface area contributed by atoms with Crippen LogP contribution in [0, 0.1) is 6.92 Å². The minimum Gasteiger partial charge on any atom is -0.462 e. The lowest BCUT2D eigenvalue weighted by Crippen LogP contribution is -2.32. The molecule has 0 aliphatic carbocycles. The molecule has 1 aromatic rings. The van der Waals surface area contributed by atoms with Gasteiger partial charge in [-0.15, -0.1) is 0 Å². The number of thiazole rings is 1. The summed E-state index contributed by atoms with van der Waals surface area (Å²) in [5, 5.41) is 0.360. The Morgan fingerprint density at radius 1 is 1.38 bits per heavy atom. The lowest BCUT2D eigenvalue weighted by Gasteiger charge is -2.17. The molecule has 0 N–H and O–H groups in total. The number of alkyl halides is 3. The smallest absolute Gasteiger partial charge is 0.389 e. The van der Waals surface area contributed by atoms with Crippen molar-refractivity contribution in [3.63, 3.8) is 0 Å². The molecule has 2 amide bonds. The van der Waals surface area contributed by atoms with Gasteiger partial charge in [0.1, 0.15) is 4.88 Å². The fourth-order valence-corrected chi connectivity index (χ4v) is 3.30. The van der Waals surface area contributed by atoms with E-state index < -0.39 is 18.6 Å². The first-order chi connectivity index (χ1) is 11.2. The topological polar surface area (TPSA) is 62.7 Å². The SMILES string of the molecule is CCOC(=O)c1sc(N2CCN(CCCC(F)(F)F)C2=O)nc1C. The van der Waals surface area contributed by atoms with Crippen molar-refractivity contribution in [2.75, 3.05) is 31.1 Å². The maximum atomic E-state index is 12.3. The fourth-order valence-electron chi connectivity index (χ4n) is 2.32. The number of carbonyl (C=O) groups excluding carboxylic acids is 2. The zero-order chi connectivity index (χ0) is 17.9. The molecule has 0 aromatic carbocycles. The number of aryl methyl sites for hydroxylation is 1. The molecule has 0 atom stereocenters. The Bertz CT molecular complexity index is 618. The number of esters is 1. The molecule has 0 radical (unpaired) electrons. The van der Waals surface area contributed by atoms with Crippen LogP contribution in [0.1, 0.15) is 35.1 Å². The highest BCUT2D eigenvalue weighted by atomic mass is 32.1. The molecule has 1 aromatic heterocycles. The van der Waals surface area contributed by atoms with Crippen LogP contribution in [0.3, 0.4) is 0 Å². The molecule has 1 fully saturated rings. The number of nitrogens with zero attached hydrogens (tertiary/aromatic N) is 3. The highest BCUT2D eigenvalue weighted by molar-refractivity contribution is 7.17. The molecule has 24 heavy (non-hydrogen) atoms. The summed E-state index contributed by atoms with van der Waals surface area (Å²) in [5.74, 6) is -0.493. The zero-order valence-electron chi connectivity index (χ0n) is 13.4. The maximum absolute atomic E-state index is 12.3. The van der Waals surface area contributed by atoms with Gasteiger partial charge in [-0.3, -0.25) is 4.90 Å². The van der Waals surface area contributed by atoms with Crippen LogP contribution in [0.15, 0.2) is 0 Å². The number of rotatable bonds is 6. The van der Waals surface area contributed by atoms with Crippen molar-refractivity contribution >= 4 is 28.5 Å². The molecule has 0 saturated carbocycles. The van der Waals surface area contributed by atoms with E-state index in [1.807, 2.05) is 0 Å². The number of anilines is 1. The highest BCUT2D eigenvalue weighted by Crippen LogP contribution is 2.30. The number of ether oxygens (including phenoxy) is 1. The third kappa shape index (κ3) is 4.37. The molecule has 2 rings (SSSR count). The van der Waals surface area contributed by atoms with Gasteiger partial charge in [-0.05, 0) is 20.3 Å². The molecular weight excluding hydrogens is 347 g/mol. The quantitative estimate of drug-likeness (QED) is 0.726. The van der Waals surface area contributed by atoms with E-state index in [4.69, 9.17) is 4.74 Å². The Labute approximate surface area is 141 Å². The van der Waals surface area contributed by atoms with Gasteiger partial charge < -0.3 is 9.64 Å². The summed E-state index contributed by atoms with van der Waals surface area (Å²) >= 11 is 1.05. The number of hydrogen-bond donors (Lipinski definition) is 0. The lowest BCUT2D eigenvalue weighted by atomic mass is 10.3. The van der Waals surface area contributed by atoms with Gasteiger partial charge in [0.25, 0.3) is 0 Å². The number of urea groups is 1. The van der Waals surface area contributed by atoms with Crippen LogP contribution in [0.25, 0.3) is 0 Å². The second-order valence-corrected chi connectivity index (χ2v) is 6.25. The van der Waals surface area contributed by atoms with Gasteiger partial charge in [-0.1, -0.05) is 11.3 Å². The first-order valence-corrected chi connectivity index (χ1v) is 8.32. The van der Waals surface area contributed by atoms with E-state index in [1.165, 1.54) is 9.80 Å². The summed E-state index contributed by atoms with van der Waals surface area (Å²) in [5.41, 5.74) is 0.469. The average Bonchev–Trinajstić information content (AvgIpc) is 3.02. The minimum absolute atomic E-state index is 0.0456. The van der Waals surface area contributed by atoms with E-state index in [1.54, 1.807) is 13.8 Å². The molecule has 10 heteroatoms. The predicted octanol–water partition coefficient (Wildman–Crippen LogP) is 3.21. The van der Waals surface area contributed by atoms with Crippen LogP contribution in [0.5, 0.6) is 0 Å². The number of amides is 2. The van der Waals surface area contributed by atoms with E-state index >= 15 is 0 Å². The summed E-state index contributed by atoms with van der Waals surface area (Å²) in [4.78, 5) is 31.4. The molecule has 1 aliphatic heterocycles. The largest absolute Gasteiger partial charge is 0.462 e. The van der Waals surface area contributed by atoms with Crippen molar-refractivity contribution < 1.29 is 27.5 Å². The monoisotopic (exact) mass is 365 g/mol. The Morgan fingerprint density at radius 3 is 2.71 bits per heavy atom. The van der Waals surface area contributed by atoms with Gasteiger partial charge in [0, 0.05) is 26.1 Å². The normalized spacial score (nSPS) is 15.3. The second kappa shape index (κ2) is 7.37. The van der Waals surface area contributed by atoms with Crippen LogP contribution in [-0.2, 0) is 4.74 Å². The summed E-state index contributed by atoms with van der Waals surface area (Å²) in [6.07, 6.45) is -5.27. The minimum atomic E-state index is -4.22. The van der Waals surface area contributed by atoms with Gasteiger partial charge in [0.2, 0.25) is 0 Å². The van der Waals surface area contributed by atoms with Crippen molar-refractivity contribution in [1.29, 1.82) is 0 Å². The Balaban J connectivity index is 2.00. The summed E-state index contributed by atoms with van der Waals surface area (Å²) < 4.78 is 41.5. The van der Waals surface area contributed by atoms with Crippen LogP contribution in [0.4, 0.5) is 23.1 Å². The van der Waals surface area contributed by atoms with Crippen LogP contribution in [-0.4, -0.2) is 54.3 Å². The van der Waals surface area contributed by atoms with E-state index in [0.29, 0.717) is 28.8 Å². The highest BCUT2D eigenvalue weighted by Gasteiger charge is 2.33. The van der Waals surface area contributed by atoms with E-state index in [0.717, 1.165) is 11.3 Å². The maximum Gasteiger partial charge on any atom is 0.389 e. The van der Waals surface area contributed by atoms with Crippen molar-refractivity contribution in [2.24, 2.45) is 0 Å². The molecule has 134 valence electrons. The molecule has 0 bridgehead atoms. The molecule has 0 unspecified atom stereocenters. The molecule has 6 nitrogen and oxygen atoms in total. The standard InChI is InChI=1S/C14H18F3N3O3S/c1-3-23-11(21)10-9(2)18-12(24-10)20-8-7-19(13(20)22)6-4-5-14(15,16)17/h3-8H2,1-2H3. The second-order valence-electron chi connectivity index (χ2n) is 5.27. The molecule has 2 heterocycles. The Kier molecular flexibility index (Phi) is 5.68.